The summed E-state index contributed by atoms with van der Waals surface area (Å²) in [6, 6.07) is 3.49. The summed E-state index contributed by atoms with van der Waals surface area (Å²) < 4.78 is 12.2. The Morgan fingerprint density at radius 3 is 2.30 bits per heavy atom. The molecular formula is C17H23BN2O3. The molecule has 3 heterocycles. The molecule has 0 aromatic carbocycles. The first-order valence-electron chi connectivity index (χ1n) is 8.04. The van der Waals surface area contributed by atoms with Crippen molar-refractivity contribution >= 4 is 13.0 Å². The zero-order valence-corrected chi connectivity index (χ0v) is 14.2. The van der Waals surface area contributed by atoms with Crippen LogP contribution in [0.1, 0.15) is 44.5 Å². The van der Waals surface area contributed by atoms with Crippen LogP contribution < -0.4 is 0 Å². The zero-order chi connectivity index (χ0) is 16.7. The molecule has 122 valence electrons. The number of hydrogen-bond donors (Lipinski definition) is 0. The molecule has 0 bridgehead atoms. The summed E-state index contributed by atoms with van der Waals surface area (Å²) in [4.78, 5) is 18.2. The molecule has 0 spiro atoms. The molecule has 1 aromatic rings. The fourth-order valence-corrected chi connectivity index (χ4v) is 2.75. The smallest absolute Gasteiger partial charge is 0.400 e. The van der Waals surface area contributed by atoms with Crippen molar-refractivity contribution in [3.63, 3.8) is 0 Å². The number of pyridine rings is 1. The van der Waals surface area contributed by atoms with Crippen LogP contribution in [0.5, 0.6) is 0 Å². The topological polar surface area (TPSA) is 51.7 Å². The number of carbonyl (C=O) groups excluding carboxylic acids is 1. The minimum Gasteiger partial charge on any atom is -0.400 e. The summed E-state index contributed by atoms with van der Waals surface area (Å²) in [6.07, 6.45) is 6.12. The number of rotatable bonds is 2. The van der Waals surface area contributed by atoms with Crippen LogP contribution in [0.15, 0.2) is 36.1 Å². The number of hydrogen-bond acceptors (Lipinski definition) is 4. The van der Waals surface area contributed by atoms with E-state index in [1.54, 1.807) is 24.5 Å². The van der Waals surface area contributed by atoms with Gasteiger partial charge in [0.05, 0.1) is 11.2 Å². The molecule has 0 unspecified atom stereocenters. The van der Waals surface area contributed by atoms with Gasteiger partial charge in [0, 0.05) is 31.0 Å². The predicted octanol–water partition coefficient (Wildman–Crippen LogP) is 2.49. The van der Waals surface area contributed by atoms with Gasteiger partial charge in [-0.25, -0.2) is 0 Å². The van der Waals surface area contributed by atoms with Crippen LogP contribution in [0.3, 0.4) is 0 Å². The number of aromatic nitrogens is 1. The molecule has 2 aliphatic rings. The molecule has 0 aliphatic carbocycles. The summed E-state index contributed by atoms with van der Waals surface area (Å²) >= 11 is 0. The molecule has 2 aliphatic heterocycles. The van der Waals surface area contributed by atoms with Crippen molar-refractivity contribution < 1.29 is 14.1 Å². The van der Waals surface area contributed by atoms with E-state index in [2.05, 4.69) is 38.8 Å². The van der Waals surface area contributed by atoms with Crippen molar-refractivity contribution in [1.82, 2.24) is 9.88 Å². The maximum absolute atomic E-state index is 12.4. The summed E-state index contributed by atoms with van der Waals surface area (Å²) in [5, 5.41) is 0. The lowest BCUT2D eigenvalue weighted by atomic mass is 9.74. The van der Waals surface area contributed by atoms with Crippen LogP contribution in [0.2, 0.25) is 0 Å². The second kappa shape index (κ2) is 5.76. The van der Waals surface area contributed by atoms with E-state index in [9.17, 15) is 4.79 Å². The summed E-state index contributed by atoms with van der Waals surface area (Å²) in [7, 11) is -0.307. The molecule has 1 fully saturated rings. The second-order valence-corrected chi connectivity index (χ2v) is 7.10. The molecule has 23 heavy (non-hydrogen) atoms. The minimum absolute atomic E-state index is 0.0385. The summed E-state index contributed by atoms with van der Waals surface area (Å²) in [6.45, 7) is 9.47. The molecule has 3 rings (SSSR count). The number of amides is 1. The van der Waals surface area contributed by atoms with Crippen LogP contribution in [0.4, 0.5) is 0 Å². The molecular weight excluding hydrogens is 291 g/mol. The van der Waals surface area contributed by atoms with E-state index >= 15 is 0 Å². The average Bonchev–Trinajstić information content (AvgIpc) is 2.76. The maximum atomic E-state index is 12.4. The molecule has 0 N–H and O–H groups in total. The quantitative estimate of drug-likeness (QED) is 0.787. The molecule has 0 radical (unpaired) electrons. The Kier molecular flexibility index (Phi) is 4.06. The first-order chi connectivity index (χ1) is 10.8. The molecule has 1 aromatic heterocycles. The predicted molar refractivity (Wildman–Crippen MR) is 88.9 cm³/mol. The van der Waals surface area contributed by atoms with Crippen molar-refractivity contribution in [1.29, 1.82) is 0 Å². The van der Waals surface area contributed by atoms with Gasteiger partial charge >= 0.3 is 7.12 Å². The fourth-order valence-electron chi connectivity index (χ4n) is 2.75. The molecule has 5 nitrogen and oxygen atoms in total. The number of carbonyl (C=O) groups is 1. The van der Waals surface area contributed by atoms with E-state index < -0.39 is 0 Å². The Hall–Kier alpha value is -1.66. The Balaban J connectivity index is 1.67. The SMILES string of the molecule is CC1(C)OB(C2=CCN(C(=O)c3ccncc3)CC2)OC1(C)C. The zero-order valence-electron chi connectivity index (χ0n) is 14.2. The Bertz CT molecular complexity index is 612. The Labute approximate surface area is 137 Å². The van der Waals surface area contributed by atoms with Crippen LogP contribution in [0.25, 0.3) is 0 Å². The van der Waals surface area contributed by atoms with Crippen LogP contribution in [-0.2, 0) is 9.31 Å². The fraction of sp³-hybridized carbons (Fsp3) is 0.529. The third-order valence-electron chi connectivity index (χ3n) is 5.01. The first kappa shape index (κ1) is 16.2. The molecule has 6 heteroatoms. The second-order valence-electron chi connectivity index (χ2n) is 7.10. The van der Waals surface area contributed by atoms with Gasteiger partial charge in [-0.05, 0) is 51.7 Å². The lowest BCUT2D eigenvalue weighted by Gasteiger charge is -2.32. The largest absolute Gasteiger partial charge is 0.490 e. The van der Waals surface area contributed by atoms with Crippen LogP contribution in [-0.4, -0.2) is 47.2 Å². The summed E-state index contributed by atoms with van der Waals surface area (Å²) in [5.41, 5.74) is 1.14. The highest BCUT2D eigenvalue weighted by atomic mass is 16.7. The summed E-state index contributed by atoms with van der Waals surface area (Å²) in [5.74, 6) is 0.0385. The Morgan fingerprint density at radius 2 is 1.78 bits per heavy atom. The van der Waals surface area contributed by atoms with Crippen molar-refractivity contribution in [3.8, 4) is 0 Å². The standard InChI is InChI=1S/C17H23BN2O3/c1-16(2)17(3,4)23-18(22-16)14-7-11-20(12-8-14)15(21)13-5-9-19-10-6-13/h5-7,9-10H,8,11-12H2,1-4H3. The molecule has 1 amide bonds. The highest BCUT2D eigenvalue weighted by Gasteiger charge is 2.52. The maximum Gasteiger partial charge on any atom is 0.490 e. The van der Waals surface area contributed by atoms with Crippen molar-refractivity contribution in [2.75, 3.05) is 13.1 Å². The van der Waals surface area contributed by atoms with Crippen LogP contribution >= 0.6 is 0 Å². The van der Waals surface area contributed by atoms with Crippen LogP contribution in [0, 0.1) is 0 Å². The van der Waals surface area contributed by atoms with E-state index in [4.69, 9.17) is 9.31 Å². The van der Waals surface area contributed by atoms with E-state index in [1.165, 1.54) is 0 Å². The van der Waals surface area contributed by atoms with Gasteiger partial charge < -0.3 is 14.2 Å². The minimum atomic E-state index is -0.331. The molecule has 1 saturated heterocycles. The van der Waals surface area contributed by atoms with Crippen molar-refractivity contribution in [3.05, 3.63) is 41.6 Å². The highest BCUT2D eigenvalue weighted by Crippen LogP contribution is 2.39. The van der Waals surface area contributed by atoms with Gasteiger partial charge in [0.15, 0.2) is 0 Å². The van der Waals surface area contributed by atoms with Gasteiger partial charge in [-0.15, -0.1) is 0 Å². The van der Waals surface area contributed by atoms with Gasteiger partial charge in [0.2, 0.25) is 0 Å². The van der Waals surface area contributed by atoms with E-state index in [1.807, 2.05) is 4.90 Å². The molecule has 0 atom stereocenters. The third-order valence-corrected chi connectivity index (χ3v) is 5.01. The lowest BCUT2D eigenvalue weighted by molar-refractivity contribution is 0.00578. The normalized spacial score (nSPS) is 22.9. The van der Waals surface area contributed by atoms with Gasteiger partial charge in [0.1, 0.15) is 0 Å². The van der Waals surface area contributed by atoms with E-state index in [0.29, 0.717) is 18.7 Å². The number of nitrogens with zero attached hydrogens (tertiary/aromatic N) is 2. The average molecular weight is 314 g/mol. The third kappa shape index (κ3) is 3.05. The van der Waals surface area contributed by atoms with Crippen molar-refractivity contribution in [2.45, 2.75) is 45.3 Å². The van der Waals surface area contributed by atoms with Gasteiger partial charge in [-0.2, -0.15) is 0 Å². The van der Waals surface area contributed by atoms with E-state index in [0.717, 1.165) is 11.9 Å². The van der Waals surface area contributed by atoms with Gasteiger partial charge in [-0.1, -0.05) is 6.08 Å². The Morgan fingerprint density at radius 1 is 1.17 bits per heavy atom. The van der Waals surface area contributed by atoms with Crippen molar-refractivity contribution in [2.24, 2.45) is 0 Å². The van der Waals surface area contributed by atoms with Gasteiger partial charge in [-0.3, -0.25) is 9.78 Å². The molecule has 0 saturated carbocycles. The first-order valence-corrected chi connectivity index (χ1v) is 8.04. The van der Waals surface area contributed by atoms with E-state index in [-0.39, 0.29) is 24.2 Å². The lowest BCUT2D eigenvalue weighted by Crippen LogP contribution is -2.41. The highest BCUT2D eigenvalue weighted by molar-refractivity contribution is 6.54. The monoisotopic (exact) mass is 314 g/mol. The van der Waals surface area contributed by atoms with Gasteiger partial charge in [0.25, 0.3) is 5.91 Å².